The third-order valence-corrected chi connectivity index (χ3v) is 2.81. The summed E-state index contributed by atoms with van der Waals surface area (Å²) < 4.78 is 26.4. The summed E-state index contributed by atoms with van der Waals surface area (Å²) in [5.74, 6) is -2.69. The maximum atomic E-state index is 13.4. The van der Waals surface area contributed by atoms with Crippen molar-refractivity contribution in [2.75, 3.05) is 5.32 Å². The molecular formula is C15H13F2NO2. The van der Waals surface area contributed by atoms with E-state index in [1.165, 1.54) is 12.1 Å². The van der Waals surface area contributed by atoms with Crippen LogP contribution in [-0.2, 0) is 17.8 Å². The minimum Gasteiger partial charge on any atom is -0.481 e. The highest BCUT2D eigenvalue weighted by Gasteiger charge is 2.07. The summed E-state index contributed by atoms with van der Waals surface area (Å²) in [4.78, 5) is 10.5. The molecule has 0 amide bonds. The number of halogens is 2. The molecule has 2 aromatic carbocycles. The van der Waals surface area contributed by atoms with Crippen LogP contribution in [0.5, 0.6) is 0 Å². The molecule has 5 heteroatoms. The second-order valence-electron chi connectivity index (χ2n) is 4.34. The Morgan fingerprint density at radius 1 is 1.05 bits per heavy atom. The third kappa shape index (κ3) is 3.54. The molecular weight excluding hydrogens is 264 g/mol. The van der Waals surface area contributed by atoms with E-state index in [2.05, 4.69) is 5.32 Å². The van der Waals surface area contributed by atoms with Crippen molar-refractivity contribution in [2.45, 2.75) is 13.0 Å². The number of rotatable bonds is 5. The van der Waals surface area contributed by atoms with E-state index in [9.17, 15) is 13.6 Å². The fourth-order valence-corrected chi connectivity index (χ4v) is 1.79. The molecule has 2 N–H and O–H groups in total. The molecule has 0 radical (unpaired) electrons. The van der Waals surface area contributed by atoms with Crippen molar-refractivity contribution in [3.8, 4) is 0 Å². The summed E-state index contributed by atoms with van der Waals surface area (Å²) in [5, 5.41) is 11.5. The van der Waals surface area contributed by atoms with Crippen LogP contribution < -0.4 is 5.32 Å². The van der Waals surface area contributed by atoms with Gasteiger partial charge in [0.05, 0.1) is 12.1 Å². The lowest BCUT2D eigenvalue weighted by molar-refractivity contribution is -0.136. The minimum absolute atomic E-state index is 0.0355. The zero-order valence-electron chi connectivity index (χ0n) is 10.6. The van der Waals surface area contributed by atoms with Crippen molar-refractivity contribution < 1.29 is 18.7 Å². The van der Waals surface area contributed by atoms with Crippen LogP contribution in [0.25, 0.3) is 0 Å². The van der Waals surface area contributed by atoms with Gasteiger partial charge in [-0.1, -0.05) is 30.3 Å². The van der Waals surface area contributed by atoms with Crippen molar-refractivity contribution in [3.63, 3.8) is 0 Å². The number of hydrogen-bond acceptors (Lipinski definition) is 2. The third-order valence-electron chi connectivity index (χ3n) is 2.81. The van der Waals surface area contributed by atoms with Crippen LogP contribution in [0.2, 0.25) is 0 Å². The lowest BCUT2D eigenvalue weighted by atomic mass is 10.1. The molecule has 2 rings (SSSR count). The van der Waals surface area contributed by atoms with Gasteiger partial charge in [-0.25, -0.2) is 8.78 Å². The van der Waals surface area contributed by atoms with Gasteiger partial charge in [0.25, 0.3) is 0 Å². The molecule has 0 aliphatic heterocycles. The Hall–Kier alpha value is -2.43. The van der Waals surface area contributed by atoms with Gasteiger partial charge in [0.2, 0.25) is 0 Å². The highest BCUT2D eigenvalue weighted by molar-refractivity contribution is 5.70. The smallest absolute Gasteiger partial charge is 0.307 e. The lowest BCUT2D eigenvalue weighted by Crippen LogP contribution is -2.03. The van der Waals surface area contributed by atoms with E-state index in [1.54, 1.807) is 24.3 Å². The summed E-state index contributed by atoms with van der Waals surface area (Å²) in [6.45, 7) is 0.327. The molecule has 104 valence electrons. The zero-order chi connectivity index (χ0) is 14.5. The Morgan fingerprint density at radius 2 is 1.70 bits per heavy atom. The molecule has 20 heavy (non-hydrogen) atoms. The Balaban J connectivity index is 2.00. The van der Waals surface area contributed by atoms with Crippen molar-refractivity contribution in [1.82, 2.24) is 0 Å². The molecule has 0 bridgehead atoms. The number of carboxylic acids is 1. The van der Waals surface area contributed by atoms with Crippen LogP contribution in [0.1, 0.15) is 11.1 Å². The quantitative estimate of drug-likeness (QED) is 0.882. The van der Waals surface area contributed by atoms with E-state index in [0.717, 1.165) is 11.6 Å². The monoisotopic (exact) mass is 277 g/mol. The normalized spacial score (nSPS) is 10.3. The van der Waals surface area contributed by atoms with E-state index < -0.39 is 17.6 Å². The SMILES string of the molecule is O=C(O)Cc1ccc(CNc2cccc(F)c2F)cc1. The first-order chi connectivity index (χ1) is 9.56. The molecule has 0 atom stereocenters. The van der Waals surface area contributed by atoms with E-state index in [4.69, 9.17) is 5.11 Å². The molecule has 0 aliphatic rings. The predicted octanol–water partition coefficient (Wildman–Crippen LogP) is 3.20. The van der Waals surface area contributed by atoms with Crippen LogP contribution in [0.3, 0.4) is 0 Å². The number of benzene rings is 2. The molecule has 0 fully saturated rings. The number of carbonyl (C=O) groups is 1. The van der Waals surface area contributed by atoms with E-state index in [0.29, 0.717) is 12.1 Å². The average Bonchev–Trinajstić information content (AvgIpc) is 2.41. The Bertz CT molecular complexity index is 612. The first-order valence-corrected chi connectivity index (χ1v) is 6.04. The molecule has 2 aromatic rings. The topological polar surface area (TPSA) is 49.3 Å². The zero-order valence-corrected chi connectivity index (χ0v) is 10.6. The number of hydrogen-bond donors (Lipinski definition) is 2. The first kappa shape index (κ1) is 14.0. The van der Waals surface area contributed by atoms with Gasteiger partial charge < -0.3 is 10.4 Å². The van der Waals surface area contributed by atoms with Gasteiger partial charge in [-0.3, -0.25) is 4.79 Å². The standard InChI is InChI=1S/C15H13F2NO2/c16-12-2-1-3-13(15(12)17)18-9-11-6-4-10(5-7-11)8-14(19)20/h1-7,18H,8-9H2,(H,19,20). The van der Waals surface area contributed by atoms with E-state index in [-0.39, 0.29) is 12.1 Å². The van der Waals surface area contributed by atoms with Crippen molar-refractivity contribution in [1.29, 1.82) is 0 Å². The Labute approximate surface area is 114 Å². The highest BCUT2D eigenvalue weighted by atomic mass is 19.2. The maximum Gasteiger partial charge on any atom is 0.307 e. The van der Waals surface area contributed by atoms with Gasteiger partial charge in [-0.15, -0.1) is 0 Å². The number of carboxylic acid groups (broad SMARTS) is 1. The average molecular weight is 277 g/mol. The van der Waals surface area contributed by atoms with Crippen molar-refractivity contribution in [2.24, 2.45) is 0 Å². The molecule has 0 unspecified atom stereocenters. The second kappa shape index (κ2) is 6.14. The summed E-state index contributed by atoms with van der Waals surface area (Å²) >= 11 is 0. The summed E-state index contributed by atoms with van der Waals surface area (Å²) in [5.41, 5.74) is 1.64. The molecule has 0 saturated heterocycles. The van der Waals surface area contributed by atoms with Crippen LogP contribution >= 0.6 is 0 Å². The van der Waals surface area contributed by atoms with Gasteiger partial charge >= 0.3 is 5.97 Å². The predicted molar refractivity (Wildman–Crippen MR) is 71.5 cm³/mol. The number of anilines is 1. The second-order valence-corrected chi connectivity index (χ2v) is 4.34. The summed E-state index contributed by atoms with van der Waals surface area (Å²) in [7, 11) is 0. The van der Waals surface area contributed by atoms with Gasteiger partial charge in [0, 0.05) is 6.54 Å². The number of nitrogens with one attached hydrogen (secondary N) is 1. The fourth-order valence-electron chi connectivity index (χ4n) is 1.79. The number of aliphatic carboxylic acids is 1. The van der Waals surface area contributed by atoms with Crippen LogP contribution in [0.15, 0.2) is 42.5 Å². The van der Waals surface area contributed by atoms with Crippen molar-refractivity contribution >= 4 is 11.7 Å². The van der Waals surface area contributed by atoms with E-state index >= 15 is 0 Å². The highest BCUT2D eigenvalue weighted by Crippen LogP contribution is 2.17. The molecule has 3 nitrogen and oxygen atoms in total. The Kier molecular flexibility index (Phi) is 4.30. The summed E-state index contributed by atoms with van der Waals surface area (Å²) in [6.07, 6.45) is -0.0355. The molecule has 0 aromatic heterocycles. The van der Waals surface area contributed by atoms with Gasteiger partial charge in [-0.2, -0.15) is 0 Å². The van der Waals surface area contributed by atoms with Gasteiger partial charge in [0.15, 0.2) is 11.6 Å². The minimum atomic E-state index is -0.907. The van der Waals surface area contributed by atoms with Crippen molar-refractivity contribution in [3.05, 3.63) is 65.2 Å². The molecule has 0 spiro atoms. The largest absolute Gasteiger partial charge is 0.481 e. The molecule has 0 aliphatic carbocycles. The lowest BCUT2D eigenvalue weighted by Gasteiger charge is -2.08. The Morgan fingerprint density at radius 3 is 2.35 bits per heavy atom. The fraction of sp³-hybridized carbons (Fsp3) is 0.133. The van der Waals surface area contributed by atoms with Crippen LogP contribution in [0, 0.1) is 11.6 Å². The van der Waals surface area contributed by atoms with Gasteiger partial charge in [0.1, 0.15) is 0 Å². The summed E-state index contributed by atoms with van der Waals surface area (Å²) in [6, 6.07) is 10.8. The molecule has 0 heterocycles. The van der Waals surface area contributed by atoms with Gasteiger partial charge in [-0.05, 0) is 23.3 Å². The van der Waals surface area contributed by atoms with Crippen LogP contribution in [0.4, 0.5) is 14.5 Å². The van der Waals surface area contributed by atoms with E-state index in [1.807, 2.05) is 0 Å². The van der Waals surface area contributed by atoms with Crippen LogP contribution in [-0.4, -0.2) is 11.1 Å². The maximum absolute atomic E-state index is 13.4. The molecule has 0 saturated carbocycles. The first-order valence-electron chi connectivity index (χ1n) is 6.04.